The SMILES string of the molecule is CSc1ncc(Br)c(-c2nnc(NCC3(c4ncccc4F)CC(F)C3)s2)n1. The van der Waals surface area contributed by atoms with Crippen molar-refractivity contribution in [1.29, 1.82) is 0 Å². The van der Waals surface area contributed by atoms with E-state index in [0.29, 0.717) is 33.2 Å². The Balaban J connectivity index is 1.54. The first kappa shape index (κ1) is 19.6. The number of halogens is 3. The van der Waals surface area contributed by atoms with Crippen LogP contribution in [0.25, 0.3) is 10.7 Å². The average molecular weight is 485 g/mol. The number of nitrogens with one attached hydrogen (secondary N) is 1. The van der Waals surface area contributed by atoms with Gasteiger partial charge in [-0.2, -0.15) is 0 Å². The first-order valence-corrected chi connectivity index (χ1v) is 11.2. The summed E-state index contributed by atoms with van der Waals surface area (Å²) in [6, 6.07) is 2.89. The second-order valence-corrected chi connectivity index (χ2v) is 9.04. The van der Waals surface area contributed by atoms with Crippen LogP contribution in [0.1, 0.15) is 18.5 Å². The molecular formula is C17H15BrF2N6S2. The highest BCUT2D eigenvalue weighted by atomic mass is 79.9. The van der Waals surface area contributed by atoms with E-state index < -0.39 is 17.4 Å². The van der Waals surface area contributed by atoms with Gasteiger partial charge in [-0.1, -0.05) is 23.1 Å². The standard InChI is InChI=1S/C17H15BrF2N6S2/c1-27-15-22-7-10(18)12(24-15)14-25-26-16(28-14)23-8-17(5-9(19)6-17)13-11(20)3-2-4-21-13/h2-4,7,9H,5-6,8H2,1H3,(H,23,26). The molecule has 0 bridgehead atoms. The van der Waals surface area contributed by atoms with E-state index in [2.05, 4.69) is 46.4 Å². The molecule has 1 saturated carbocycles. The van der Waals surface area contributed by atoms with Crippen LogP contribution in [0.3, 0.4) is 0 Å². The highest BCUT2D eigenvalue weighted by Crippen LogP contribution is 2.46. The lowest BCUT2D eigenvalue weighted by molar-refractivity contribution is 0.0965. The number of nitrogens with zero attached hydrogens (tertiary/aromatic N) is 5. The smallest absolute Gasteiger partial charge is 0.206 e. The minimum absolute atomic E-state index is 0.230. The molecule has 6 nitrogen and oxygen atoms in total. The van der Waals surface area contributed by atoms with Crippen molar-refractivity contribution in [2.45, 2.75) is 29.6 Å². The van der Waals surface area contributed by atoms with Crippen LogP contribution in [0.2, 0.25) is 0 Å². The highest BCUT2D eigenvalue weighted by molar-refractivity contribution is 9.10. The highest BCUT2D eigenvalue weighted by Gasteiger charge is 2.48. The van der Waals surface area contributed by atoms with Crippen LogP contribution in [-0.2, 0) is 5.41 Å². The monoisotopic (exact) mass is 484 g/mol. The molecule has 11 heteroatoms. The minimum atomic E-state index is -0.949. The van der Waals surface area contributed by atoms with Crippen LogP contribution >= 0.6 is 39.0 Å². The topological polar surface area (TPSA) is 76.5 Å². The molecule has 3 aromatic rings. The first-order chi connectivity index (χ1) is 13.5. The fourth-order valence-electron chi connectivity index (χ4n) is 3.22. The van der Waals surface area contributed by atoms with Gasteiger partial charge >= 0.3 is 0 Å². The summed E-state index contributed by atoms with van der Waals surface area (Å²) in [5, 5.41) is 13.3. The van der Waals surface area contributed by atoms with E-state index in [0.717, 1.165) is 4.47 Å². The molecule has 0 saturated heterocycles. The lowest BCUT2D eigenvalue weighted by Crippen LogP contribution is -2.48. The quantitative estimate of drug-likeness (QED) is 0.407. The molecule has 1 aliphatic carbocycles. The average Bonchev–Trinajstić information content (AvgIpc) is 3.14. The van der Waals surface area contributed by atoms with Gasteiger partial charge in [0, 0.05) is 24.4 Å². The zero-order chi connectivity index (χ0) is 19.7. The summed E-state index contributed by atoms with van der Waals surface area (Å²) in [5.41, 5.74) is 0.269. The minimum Gasteiger partial charge on any atom is -0.359 e. The Morgan fingerprint density at radius 3 is 2.89 bits per heavy atom. The van der Waals surface area contributed by atoms with Crippen molar-refractivity contribution in [3.63, 3.8) is 0 Å². The molecule has 1 N–H and O–H groups in total. The molecule has 0 unspecified atom stereocenters. The van der Waals surface area contributed by atoms with Crippen LogP contribution in [0, 0.1) is 5.82 Å². The lowest BCUT2D eigenvalue weighted by atomic mass is 9.65. The number of alkyl halides is 1. The first-order valence-electron chi connectivity index (χ1n) is 8.40. The van der Waals surface area contributed by atoms with Crippen molar-refractivity contribution in [1.82, 2.24) is 25.1 Å². The van der Waals surface area contributed by atoms with Gasteiger partial charge in [0.05, 0.1) is 10.2 Å². The third kappa shape index (κ3) is 3.74. The summed E-state index contributed by atoms with van der Waals surface area (Å²) in [5.74, 6) is -0.413. The summed E-state index contributed by atoms with van der Waals surface area (Å²) in [6.45, 7) is 0.330. The number of thioether (sulfide) groups is 1. The van der Waals surface area contributed by atoms with Crippen molar-refractivity contribution < 1.29 is 8.78 Å². The van der Waals surface area contributed by atoms with Crippen LogP contribution in [0.15, 0.2) is 34.2 Å². The van der Waals surface area contributed by atoms with E-state index in [9.17, 15) is 8.78 Å². The van der Waals surface area contributed by atoms with Gasteiger partial charge in [0.2, 0.25) is 5.13 Å². The van der Waals surface area contributed by atoms with Crippen molar-refractivity contribution in [3.8, 4) is 10.7 Å². The molecule has 0 aliphatic heterocycles. The Labute approximate surface area is 176 Å². The molecule has 1 aliphatic rings. The maximum Gasteiger partial charge on any atom is 0.206 e. The molecule has 146 valence electrons. The molecule has 0 spiro atoms. The lowest BCUT2D eigenvalue weighted by Gasteiger charge is -2.43. The molecule has 28 heavy (non-hydrogen) atoms. The zero-order valence-corrected chi connectivity index (χ0v) is 17.9. The van der Waals surface area contributed by atoms with Gasteiger partial charge in [0.1, 0.15) is 17.7 Å². The normalized spacial score (nSPS) is 21.4. The van der Waals surface area contributed by atoms with Crippen molar-refractivity contribution in [3.05, 3.63) is 40.5 Å². The number of pyridine rings is 1. The Morgan fingerprint density at radius 2 is 2.18 bits per heavy atom. The van der Waals surface area contributed by atoms with Gasteiger partial charge in [-0.3, -0.25) is 4.98 Å². The van der Waals surface area contributed by atoms with Crippen LogP contribution in [0.5, 0.6) is 0 Å². The molecule has 3 heterocycles. The van der Waals surface area contributed by atoms with Gasteiger partial charge < -0.3 is 5.32 Å². The number of rotatable bonds is 6. The molecule has 4 rings (SSSR count). The van der Waals surface area contributed by atoms with Gasteiger partial charge in [0.25, 0.3) is 0 Å². The second-order valence-electron chi connectivity index (χ2n) is 6.44. The number of hydrogen-bond donors (Lipinski definition) is 1. The summed E-state index contributed by atoms with van der Waals surface area (Å²) >= 11 is 6.19. The number of aromatic nitrogens is 5. The van der Waals surface area contributed by atoms with Crippen LogP contribution in [0.4, 0.5) is 13.9 Å². The fourth-order valence-corrected chi connectivity index (χ4v) is 4.81. The number of anilines is 1. The molecule has 0 atom stereocenters. The predicted octanol–water partition coefficient (Wildman–Crippen LogP) is 4.50. The van der Waals surface area contributed by atoms with Crippen molar-refractivity contribution >= 4 is 44.2 Å². The van der Waals surface area contributed by atoms with Gasteiger partial charge in [-0.05, 0) is 47.2 Å². The van der Waals surface area contributed by atoms with Gasteiger partial charge in [-0.25, -0.2) is 18.7 Å². The maximum absolute atomic E-state index is 14.2. The third-order valence-corrected chi connectivity index (χ3v) is 6.63. The summed E-state index contributed by atoms with van der Waals surface area (Å²) in [4.78, 5) is 12.8. The number of hydrogen-bond acceptors (Lipinski definition) is 8. The third-order valence-electron chi connectivity index (χ3n) is 4.60. The second kappa shape index (κ2) is 7.96. The Bertz CT molecular complexity index is 995. The Hall–Kier alpha value is -1.72. The summed E-state index contributed by atoms with van der Waals surface area (Å²) in [6.07, 6.45) is 4.62. The van der Waals surface area contributed by atoms with Gasteiger partial charge in [0.15, 0.2) is 10.2 Å². The van der Waals surface area contributed by atoms with E-state index in [1.807, 2.05) is 6.26 Å². The molecule has 1 fully saturated rings. The van der Waals surface area contributed by atoms with Crippen molar-refractivity contribution in [2.24, 2.45) is 0 Å². The van der Waals surface area contributed by atoms with Crippen LogP contribution in [-0.4, -0.2) is 44.1 Å². The van der Waals surface area contributed by atoms with E-state index in [1.54, 1.807) is 6.20 Å². The predicted molar refractivity (Wildman–Crippen MR) is 109 cm³/mol. The molecule has 0 radical (unpaired) electrons. The molecular weight excluding hydrogens is 470 g/mol. The molecule has 0 aromatic carbocycles. The fraction of sp³-hybridized carbons (Fsp3) is 0.353. The van der Waals surface area contributed by atoms with E-state index in [1.165, 1.54) is 41.4 Å². The summed E-state index contributed by atoms with van der Waals surface area (Å²) in [7, 11) is 0. The van der Waals surface area contributed by atoms with E-state index in [4.69, 9.17) is 0 Å². The Kier molecular flexibility index (Phi) is 5.57. The summed E-state index contributed by atoms with van der Waals surface area (Å²) < 4.78 is 28.6. The largest absolute Gasteiger partial charge is 0.359 e. The van der Waals surface area contributed by atoms with Gasteiger partial charge in [-0.15, -0.1) is 10.2 Å². The van der Waals surface area contributed by atoms with Crippen molar-refractivity contribution in [2.75, 3.05) is 18.1 Å². The Morgan fingerprint density at radius 1 is 1.36 bits per heavy atom. The maximum atomic E-state index is 14.2. The molecule has 0 amide bonds. The van der Waals surface area contributed by atoms with Crippen LogP contribution < -0.4 is 5.32 Å². The van der Waals surface area contributed by atoms with E-state index in [-0.39, 0.29) is 12.8 Å². The zero-order valence-electron chi connectivity index (χ0n) is 14.7. The van der Waals surface area contributed by atoms with E-state index >= 15 is 0 Å². The molecule has 3 aromatic heterocycles.